The van der Waals surface area contributed by atoms with E-state index in [2.05, 4.69) is 0 Å². The van der Waals surface area contributed by atoms with Crippen LogP contribution >= 0.6 is 23.2 Å². The molecule has 1 aromatic heterocycles. The van der Waals surface area contributed by atoms with Crippen LogP contribution in [0, 0.1) is 6.92 Å². The SMILES string of the molecule is Cc1c(C(C)N)oc2cc(Cl)cc(Cl)c12. The molecule has 0 bridgehead atoms. The van der Waals surface area contributed by atoms with Crippen molar-refractivity contribution in [3.05, 3.63) is 33.5 Å². The second-order valence-electron chi connectivity index (χ2n) is 3.64. The van der Waals surface area contributed by atoms with Crippen LogP contribution in [-0.4, -0.2) is 0 Å². The van der Waals surface area contributed by atoms with Gasteiger partial charge in [-0.1, -0.05) is 23.2 Å². The van der Waals surface area contributed by atoms with Crippen LogP contribution in [0.3, 0.4) is 0 Å². The Morgan fingerprint density at radius 3 is 2.60 bits per heavy atom. The van der Waals surface area contributed by atoms with Gasteiger partial charge in [0.05, 0.1) is 11.1 Å². The summed E-state index contributed by atoms with van der Waals surface area (Å²) in [6.45, 7) is 3.82. The Bertz CT molecular complexity index is 517. The van der Waals surface area contributed by atoms with Crippen LogP contribution in [-0.2, 0) is 0 Å². The van der Waals surface area contributed by atoms with Gasteiger partial charge in [-0.3, -0.25) is 0 Å². The van der Waals surface area contributed by atoms with Crippen molar-refractivity contribution in [2.75, 3.05) is 0 Å². The highest BCUT2D eigenvalue weighted by Crippen LogP contribution is 2.35. The van der Waals surface area contributed by atoms with Gasteiger partial charge in [0.25, 0.3) is 0 Å². The van der Waals surface area contributed by atoms with E-state index in [1.54, 1.807) is 12.1 Å². The van der Waals surface area contributed by atoms with Crippen LogP contribution in [0.1, 0.15) is 24.3 Å². The number of nitrogens with two attached hydrogens (primary N) is 1. The summed E-state index contributed by atoms with van der Waals surface area (Å²) in [6, 6.07) is 3.31. The minimum Gasteiger partial charge on any atom is -0.459 e. The molecule has 2 N–H and O–H groups in total. The summed E-state index contributed by atoms with van der Waals surface area (Å²) in [4.78, 5) is 0. The van der Waals surface area contributed by atoms with Crippen molar-refractivity contribution in [1.29, 1.82) is 0 Å². The molecular formula is C11H11Cl2NO. The monoisotopic (exact) mass is 243 g/mol. The number of furan rings is 1. The van der Waals surface area contributed by atoms with Gasteiger partial charge in [0.2, 0.25) is 0 Å². The normalized spacial score (nSPS) is 13.4. The number of rotatable bonds is 1. The molecule has 0 aliphatic heterocycles. The molecule has 2 rings (SSSR count). The van der Waals surface area contributed by atoms with Crippen molar-refractivity contribution in [3.8, 4) is 0 Å². The van der Waals surface area contributed by atoms with Crippen molar-refractivity contribution in [2.45, 2.75) is 19.9 Å². The first-order valence-corrected chi connectivity index (χ1v) is 5.40. The van der Waals surface area contributed by atoms with E-state index >= 15 is 0 Å². The van der Waals surface area contributed by atoms with Crippen molar-refractivity contribution >= 4 is 34.2 Å². The molecule has 0 radical (unpaired) electrons. The Balaban J connectivity index is 2.82. The van der Waals surface area contributed by atoms with Crippen molar-refractivity contribution in [1.82, 2.24) is 0 Å². The Morgan fingerprint density at radius 2 is 2.00 bits per heavy atom. The van der Waals surface area contributed by atoms with E-state index in [9.17, 15) is 0 Å². The van der Waals surface area contributed by atoms with Gasteiger partial charge in [-0.25, -0.2) is 0 Å². The summed E-state index contributed by atoms with van der Waals surface area (Å²) >= 11 is 12.0. The molecule has 0 fully saturated rings. The number of hydrogen-bond acceptors (Lipinski definition) is 2. The van der Waals surface area contributed by atoms with E-state index in [4.69, 9.17) is 33.4 Å². The summed E-state index contributed by atoms with van der Waals surface area (Å²) < 4.78 is 5.63. The molecule has 4 heteroatoms. The van der Waals surface area contributed by atoms with E-state index in [0.717, 1.165) is 16.7 Å². The highest BCUT2D eigenvalue weighted by Gasteiger charge is 2.16. The zero-order valence-electron chi connectivity index (χ0n) is 8.47. The fraction of sp³-hybridized carbons (Fsp3) is 0.273. The van der Waals surface area contributed by atoms with Gasteiger partial charge in [0, 0.05) is 22.0 Å². The van der Waals surface area contributed by atoms with E-state index in [0.29, 0.717) is 15.6 Å². The maximum Gasteiger partial charge on any atom is 0.137 e. The maximum absolute atomic E-state index is 6.10. The predicted molar refractivity (Wildman–Crippen MR) is 63.6 cm³/mol. The fourth-order valence-electron chi connectivity index (χ4n) is 1.75. The summed E-state index contributed by atoms with van der Waals surface area (Å²) in [7, 11) is 0. The fourth-order valence-corrected chi connectivity index (χ4v) is 2.36. The Labute approximate surface area is 97.9 Å². The molecular weight excluding hydrogens is 233 g/mol. The van der Waals surface area contributed by atoms with Gasteiger partial charge in [0.1, 0.15) is 11.3 Å². The molecule has 1 atom stereocenters. The topological polar surface area (TPSA) is 39.2 Å². The molecule has 2 aromatic rings. The Hall–Kier alpha value is -0.700. The van der Waals surface area contributed by atoms with Gasteiger partial charge in [0.15, 0.2) is 0 Å². The molecule has 1 unspecified atom stereocenters. The number of aryl methyl sites for hydroxylation is 1. The van der Waals surface area contributed by atoms with Crippen LogP contribution in [0.4, 0.5) is 0 Å². The third-order valence-corrected chi connectivity index (χ3v) is 2.91. The van der Waals surface area contributed by atoms with Crippen molar-refractivity contribution in [3.63, 3.8) is 0 Å². The van der Waals surface area contributed by atoms with Crippen molar-refractivity contribution < 1.29 is 4.42 Å². The number of halogens is 2. The average molecular weight is 244 g/mol. The van der Waals surface area contributed by atoms with E-state index < -0.39 is 0 Å². The van der Waals surface area contributed by atoms with Gasteiger partial charge in [-0.2, -0.15) is 0 Å². The molecule has 0 saturated carbocycles. The lowest BCUT2D eigenvalue weighted by Gasteiger charge is -2.00. The van der Waals surface area contributed by atoms with E-state index in [-0.39, 0.29) is 6.04 Å². The first kappa shape index (κ1) is 10.8. The summed E-state index contributed by atoms with van der Waals surface area (Å²) in [5.41, 5.74) is 7.48. The molecule has 0 aliphatic carbocycles. The first-order valence-electron chi connectivity index (χ1n) is 4.64. The molecule has 0 saturated heterocycles. The van der Waals surface area contributed by atoms with Crippen LogP contribution < -0.4 is 5.73 Å². The van der Waals surface area contributed by atoms with Crippen LogP contribution in [0.15, 0.2) is 16.5 Å². The second kappa shape index (κ2) is 3.71. The van der Waals surface area contributed by atoms with Crippen molar-refractivity contribution in [2.24, 2.45) is 5.73 Å². The molecule has 1 heterocycles. The lowest BCUT2D eigenvalue weighted by atomic mass is 10.1. The van der Waals surface area contributed by atoms with E-state index in [1.165, 1.54) is 0 Å². The number of benzene rings is 1. The number of hydrogen-bond donors (Lipinski definition) is 1. The quantitative estimate of drug-likeness (QED) is 0.821. The van der Waals surface area contributed by atoms with Crippen LogP contribution in [0.25, 0.3) is 11.0 Å². The van der Waals surface area contributed by atoms with Crippen LogP contribution in [0.2, 0.25) is 10.0 Å². The smallest absolute Gasteiger partial charge is 0.137 e. The lowest BCUT2D eigenvalue weighted by Crippen LogP contribution is -2.04. The minimum atomic E-state index is -0.146. The van der Waals surface area contributed by atoms with E-state index in [1.807, 2.05) is 13.8 Å². The first-order chi connectivity index (χ1) is 7.00. The third kappa shape index (κ3) is 1.73. The third-order valence-electron chi connectivity index (χ3n) is 2.40. The summed E-state index contributed by atoms with van der Waals surface area (Å²) in [6.07, 6.45) is 0. The highest BCUT2D eigenvalue weighted by atomic mass is 35.5. The van der Waals surface area contributed by atoms with Gasteiger partial charge in [-0.05, 0) is 19.9 Å². The molecule has 0 amide bonds. The zero-order valence-corrected chi connectivity index (χ0v) is 9.99. The summed E-state index contributed by atoms with van der Waals surface area (Å²) in [5.74, 6) is 0.758. The molecule has 80 valence electrons. The molecule has 0 aliphatic rings. The minimum absolute atomic E-state index is 0.146. The Kier molecular flexibility index (Phi) is 2.67. The second-order valence-corrected chi connectivity index (χ2v) is 4.48. The number of fused-ring (bicyclic) bond motifs is 1. The average Bonchev–Trinajstić information content (AvgIpc) is 2.42. The molecule has 0 spiro atoms. The van der Waals surface area contributed by atoms with Crippen LogP contribution in [0.5, 0.6) is 0 Å². The molecule has 15 heavy (non-hydrogen) atoms. The highest BCUT2D eigenvalue weighted by molar-refractivity contribution is 6.38. The standard InChI is InChI=1S/C11H11Cl2NO/c1-5-10-8(13)3-7(12)4-9(10)15-11(5)6(2)14/h3-4,6H,14H2,1-2H3. The van der Waals surface area contributed by atoms with Gasteiger partial charge < -0.3 is 10.2 Å². The van der Waals surface area contributed by atoms with Gasteiger partial charge >= 0.3 is 0 Å². The molecule has 2 nitrogen and oxygen atoms in total. The molecule has 1 aromatic carbocycles. The zero-order chi connectivity index (χ0) is 11.2. The van der Waals surface area contributed by atoms with Gasteiger partial charge in [-0.15, -0.1) is 0 Å². The Morgan fingerprint density at radius 1 is 1.33 bits per heavy atom. The lowest BCUT2D eigenvalue weighted by molar-refractivity contribution is 0.509. The predicted octanol–water partition coefficient (Wildman–Crippen LogP) is 4.07. The summed E-state index contributed by atoms with van der Waals surface area (Å²) in [5, 5.41) is 2.07. The largest absolute Gasteiger partial charge is 0.459 e. The maximum atomic E-state index is 6.10.